The third-order valence-electron chi connectivity index (χ3n) is 7.22. The smallest absolute Gasteiger partial charge is 0.312 e. The van der Waals surface area contributed by atoms with Gasteiger partial charge in [0, 0.05) is 23.7 Å². The van der Waals surface area contributed by atoms with Gasteiger partial charge in [0.15, 0.2) is 0 Å². The van der Waals surface area contributed by atoms with E-state index in [-0.39, 0.29) is 23.2 Å². The summed E-state index contributed by atoms with van der Waals surface area (Å²) in [4.78, 5) is 26.7. The molecule has 3 fully saturated rings. The number of ether oxygens (including phenoxy) is 2. The number of piperidine rings is 1. The van der Waals surface area contributed by atoms with E-state index in [2.05, 4.69) is 15.4 Å². The molecule has 2 aromatic rings. The molecular weight excluding hydrogens is 422 g/mol. The lowest BCUT2D eigenvalue weighted by Gasteiger charge is -2.36. The molecule has 1 spiro atoms. The Kier molecular flexibility index (Phi) is 5.86. The number of benzene rings is 1. The summed E-state index contributed by atoms with van der Waals surface area (Å²) in [5.74, 6) is 1.64. The number of anilines is 1. The van der Waals surface area contributed by atoms with Crippen molar-refractivity contribution in [2.45, 2.75) is 46.0 Å². The summed E-state index contributed by atoms with van der Waals surface area (Å²) in [6, 6.07) is 5.73. The number of carbonyl (C=O) groups is 2. The van der Waals surface area contributed by atoms with Crippen molar-refractivity contribution in [3.8, 4) is 16.9 Å². The van der Waals surface area contributed by atoms with E-state index in [1.807, 2.05) is 32.0 Å². The van der Waals surface area contributed by atoms with Gasteiger partial charge in [0.05, 0.1) is 23.3 Å². The van der Waals surface area contributed by atoms with Crippen LogP contribution in [0.15, 0.2) is 22.7 Å². The van der Waals surface area contributed by atoms with Crippen LogP contribution in [0.25, 0.3) is 11.1 Å². The highest BCUT2D eigenvalue weighted by Crippen LogP contribution is 2.40. The number of nitrogens with zero attached hydrogens (tertiary/aromatic N) is 2. The van der Waals surface area contributed by atoms with Crippen molar-refractivity contribution in [2.75, 3.05) is 38.2 Å². The van der Waals surface area contributed by atoms with Gasteiger partial charge in [-0.1, -0.05) is 5.16 Å². The summed E-state index contributed by atoms with van der Waals surface area (Å²) in [5, 5.41) is 7.11. The molecule has 0 radical (unpaired) electrons. The van der Waals surface area contributed by atoms with Crippen molar-refractivity contribution in [1.82, 2.24) is 10.1 Å². The minimum atomic E-state index is -0.255. The predicted molar refractivity (Wildman–Crippen MR) is 122 cm³/mol. The molecule has 0 bridgehead atoms. The molecule has 2 saturated heterocycles. The molecule has 1 saturated carbocycles. The Morgan fingerprint density at radius 1 is 1.24 bits per heavy atom. The molecule has 0 unspecified atom stereocenters. The summed E-state index contributed by atoms with van der Waals surface area (Å²) in [5.41, 5.74) is 3.04. The lowest BCUT2D eigenvalue weighted by atomic mass is 9.77. The minimum absolute atomic E-state index is 0.0173. The fraction of sp³-hybridized carbons (Fsp3) is 0.560. The summed E-state index contributed by atoms with van der Waals surface area (Å²) in [7, 11) is 0. The Balaban J connectivity index is 1.25. The molecule has 5 rings (SSSR count). The Hall–Kier alpha value is -2.87. The van der Waals surface area contributed by atoms with Crippen LogP contribution in [-0.4, -0.2) is 54.8 Å². The van der Waals surface area contributed by atoms with E-state index in [4.69, 9.17) is 14.0 Å². The number of likely N-dealkylation sites (tertiary alicyclic amines) is 1. The number of aromatic nitrogens is 1. The fourth-order valence-electron chi connectivity index (χ4n) is 4.92. The zero-order chi connectivity index (χ0) is 23.0. The van der Waals surface area contributed by atoms with Crippen molar-refractivity contribution in [3.63, 3.8) is 0 Å². The van der Waals surface area contributed by atoms with Gasteiger partial charge in [-0.05, 0) is 77.2 Å². The highest BCUT2D eigenvalue weighted by molar-refractivity contribution is 5.95. The van der Waals surface area contributed by atoms with Crippen molar-refractivity contribution < 1.29 is 23.6 Å². The number of aryl methyl sites for hydroxylation is 2. The average molecular weight is 454 g/mol. The van der Waals surface area contributed by atoms with Crippen LogP contribution in [0.3, 0.4) is 0 Å². The molecule has 8 heteroatoms. The molecule has 8 nitrogen and oxygen atoms in total. The first-order valence-electron chi connectivity index (χ1n) is 11.9. The molecule has 1 amide bonds. The van der Waals surface area contributed by atoms with Gasteiger partial charge in [0.1, 0.15) is 18.1 Å². The zero-order valence-electron chi connectivity index (χ0n) is 19.3. The van der Waals surface area contributed by atoms with E-state index in [9.17, 15) is 9.59 Å². The van der Waals surface area contributed by atoms with Crippen LogP contribution in [0.2, 0.25) is 0 Å². The monoisotopic (exact) mass is 453 g/mol. The van der Waals surface area contributed by atoms with Crippen LogP contribution < -0.4 is 10.1 Å². The fourth-order valence-corrected chi connectivity index (χ4v) is 4.92. The van der Waals surface area contributed by atoms with Gasteiger partial charge in [-0.15, -0.1) is 0 Å². The summed E-state index contributed by atoms with van der Waals surface area (Å²) in [6.07, 6.45) is 4.48. The van der Waals surface area contributed by atoms with Gasteiger partial charge >= 0.3 is 5.97 Å². The van der Waals surface area contributed by atoms with Crippen LogP contribution in [0, 0.1) is 25.2 Å². The van der Waals surface area contributed by atoms with Gasteiger partial charge in [-0.2, -0.15) is 0 Å². The number of hydrogen-bond acceptors (Lipinski definition) is 7. The first kappa shape index (κ1) is 21.9. The molecule has 3 aliphatic rings. The number of esters is 1. The van der Waals surface area contributed by atoms with Gasteiger partial charge in [0.2, 0.25) is 5.91 Å². The molecule has 1 N–H and O–H groups in total. The highest BCUT2D eigenvalue weighted by atomic mass is 16.5. The molecule has 3 heterocycles. The quantitative estimate of drug-likeness (QED) is 0.639. The van der Waals surface area contributed by atoms with Gasteiger partial charge in [-0.25, -0.2) is 0 Å². The predicted octanol–water partition coefficient (Wildman–Crippen LogP) is 3.71. The van der Waals surface area contributed by atoms with Crippen LogP contribution >= 0.6 is 0 Å². The van der Waals surface area contributed by atoms with E-state index in [0.29, 0.717) is 19.0 Å². The second-order valence-electron chi connectivity index (χ2n) is 9.53. The largest absolute Gasteiger partial charge is 0.492 e. The zero-order valence-corrected chi connectivity index (χ0v) is 19.3. The second kappa shape index (κ2) is 8.82. The van der Waals surface area contributed by atoms with Crippen molar-refractivity contribution in [3.05, 3.63) is 29.7 Å². The first-order chi connectivity index (χ1) is 15.9. The lowest BCUT2D eigenvalue weighted by molar-refractivity contribution is -0.148. The lowest BCUT2D eigenvalue weighted by Crippen LogP contribution is -2.43. The van der Waals surface area contributed by atoms with E-state index in [1.165, 1.54) is 0 Å². The number of nitrogens with one attached hydrogen (secondary N) is 1. The Morgan fingerprint density at radius 2 is 2.03 bits per heavy atom. The van der Waals surface area contributed by atoms with Crippen LogP contribution in [-0.2, 0) is 14.3 Å². The maximum Gasteiger partial charge on any atom is 0.312 e. The van der Waals surface area contributed by atoms with Gasteiger partial charge in [-0.3, -0.25) is 14.5 Å². The van der Waals surface area contributed by atoms with E-state index in [1.54, 1.807) is 0 Å². The molecule has 1 aliphatic carbocycles. The molecule has 176 valence electrons. The molecule has 2 aliphatic heterocycles. The minimum Gasteiger partial charge on any atom is -0.492 e. The molecule has 33 heavy (non-hydrogen) atoms. The van der Waals surface area contributed by atoms with Crippen molar-refractivity contribution >= 4 is 17.6 Å². The van der Waals surface area contributed by atoms with Crippen molar-refractivity contribution in [1.29, 1.82) is 0 Å². The van der Waals surface area contributed by atoms with Gasteiger partial charge < -0.3 is 19.3 Å². The highest BCUT2D eigenvalue weighted by Gasteiger charge is 2.46. The summed E-state index contributed by atoms with van der Waals surface area (Å²) < 4.78 is 16.8. The number of rotatable bonds is 7. The Bertz CT molecular complexity index is 1030. The van der Waals surface area contributed by atoms with E-state index < -0.39 is 0 Å². The third kappa shape index (κ3) is 4.49. The molecule has 0 atom stereocenters. The maximum atomic E-state index is 12.2. The van der Waals surface area contributed by atoms with Gasteiger partial charge in [0.25, 0.3) is 0 Å². The normalized spacial score (nSPS) is 20.1. The first-order valence-corrected chi connectivity index (χ1v) is 11.9. The summed E-state index contributed by atoms with van der Waals surface area (Å²) in [6.45, 7) is 7.41. The van der Waals surface area contributed by atoms with Crippen molar-refractivity contribution in [2.24, 2.45) is 11.3 Å². The number of amides is 1. The average Bonchev–Trinajstić information content (AvgIpc) is 3.53. The third-order valence-corrected chi connectivity index (χ3v) is 7.22. The number of cyclic esters (lactones) is 1. The maximum absolute atomic E-state index is 12.2. The topological polar surface area (TPSA) is 93.9 Å². The number of hydrogen-bond donors (Lipinski definition) is 1. The Labute approximate surface area is 193 Å². The van der Waals surface area contributed by atoms with Crippen LogP contribution in [0.5, 0.6) is 5.75 Å². The molecule has 1 aromatic carbocycles. The van der Waals surface area contributed by atoms with Crippen LogP contribution in [0.4, 0.5) is 5.69 Å². The Morgan fingerprint density at radius 3 is 2.67 bits per heavy atom. The van der Waals surface area contributed by atoms with Crippen LogP contribution in [0.1, 0.15) is 43.6 Å². The second-order valence-corrected chi connectivity index (χ2v) is 9.53. The summed E-state index contributed by atoms with van der Waals surface area (Å²) >= 11 is 0. The number of carbonyl (C=O) groups excluding carboxylic acids is 2. The molecule has 1 aromatic heterocycles. The van der Waals surface area contributed by atoms with E-state index >= 15 is 0 Å². The van der Waals surface area contributed by atoms with E-state index in [0.717, 1.165) is 80.0 Å². The standard InChI is InChI=1S/C25H31N3O5/c1-16-22(17(2)33-27-16)20-15-19(26-23(29)18-3-4-18)5-6-21(20)31-14-12-28-10-7-25(8-11-28)9-13-32-24(25)30/h5-6,15,18H,3-4,7-14H2,1-2H3,(H,26,29). The molecular formula is C25H31N3O5. The SMILES string of the molecule is Cc1noc(C)c1-c1cc(NC(=O)C2CC2)ccc1OCCN1CCC2(CCOC2=O)CC1.